The molecule has 1 saturated heterocycles. The molecule has 3 rings (SSSR count). The number of hydrogen-bond acceptors (Lipinski definition) is 5. The van der Waals surface area contributed by atoms with Crippen LogP contribution in [0.15, 0.2) is 22.0 Å². The van der Waals surface area contributed by atoms with Crippen LogP contribution in [0, 0.1) is 6.92 Å². The van der Waals surface area contributed by atoms with Crippen LogP contribution in [0.1, 0.15) is 11.1 Å². The van der Waals surface area contributed by atoms with Gasteiger partial charge in [0.1, 0.15) is 0 Å². The molecule has 2 heterocycles. The number of fused-ring (bicyclic) bond motifs is 1. The highest BCUT2D eigenvalue weighted by molar-refractivity contribution is 8.18. The molecule has 2 aliphatic rings. The van der Waals surface area contributed by atoms with Gasteiger partial charge in [-0.2, -0.15) is 0 Å². The van der Waals surface area contributed by atoms with E-state index in [2.05, 4.69) is 4.99 Å². The van der Waals surface area contributed by atoms with E-state index in [4.69, 9.17) is 9.47 Å². The van der Waals surface area contributed by atoms with E-state index >= 15 is 0 Å². The number of carbonyl (C=O) groups excluding carboxylic acids is 1. The molecule has 0 unspecified atom stereocenters. The molecule has 1 aromatic carbocycles. The minimum atomic E-state index is -0.0346. The number of benzene rings is 1. The van der Waals surface area contributed by atoms with E-state index in [0.717, 1.165) is 22.6 Å². The minimum Gasteiger partial charge on any atom is -0.454 e. The van der Waals surface area contributed by atoms with Crippen LogP contribution in [0.2, 0.25) is 0 Å². The maximum Gasteiger partial charge on any atom is 0.266 e. The Bertz CT molecular complexity index is 652. The van der Waals surface area contributed by atoms with Crippen molar-refractivity contribution in [3.63, 3.8) is 0 Å². The molecule has 0 spiro atoms. The summed E-state index contributed by atoms with van der Waals surface area (Å²) in [4.78, 5) is 18.4. The third-order valence-corrected chi connectivity index (χ3v) is 4.39. The predicted octanol–water partition coefficient (Wildman–Crippen LogP) is 2.26. The Hall–Kier alpha value is -1.95. The second-order valence-corrected chi connectivity index (χ2v) is 5.55. The molecule has 6 heteroatoms. The second kappa shape index (κ2) is 4.86. The maximum atomic E-state index is 12.1. The van der Waals surface area contributed by atoms with Crippen molar-refractivity contribution in [3.8, 4) is 11.5 Å². The van der Waals surface area contributed by atoms with Crippen LogP contribution in [0.3, 0.4) is 0 Å². The van der Waals surface area contributed by atoms with E-state index < -0.39 is 0 Å². The van der Waals surface area contributed by atoms with Gasteiger partial charge >= 0.3 is 0 Å². The summed E-state index contributed by atoms with van der Waals surface area (Å²) in [6, 6.07) is 3.83. The second-order valence-electron chi connectivity index (χ2n) is 4.54. The molecule has 2 aliphatic heterocycles. The average molecular weight is 290 g/mol. The van der Waals surface area contributed by atoms with Crippen LogP contribution >= 0.6 is 11.8 Å². The Balaban J connectivity index is 1.99. The van der Waals surface area contributed by atoms with E-state index in [1.54, 1.807) is 19.0 Å². The summed E-state index contributed by atoms with van der Waals surface area (Å²) in [6.07, 6.45) is 1.87. The molecule has 0 bridgehead atoms. The summed E-state index contributed by atoms with van der Waals surface area (Å²) in [7, 11) is 3.41. The molecule has 0 radical (unpaired) electrons. The number of aliphatic imine (C=N–C) groups is 1. The van der Waals surface area contributed by atoms with Gasteiger partial charge in [0.25, 0.3) is 5.91 Å². The van der Waals surface area contributed by atoms with Crippen LogP contribution < -0.4 is 9.47 Å². The molecule has 0 atom stereocenters. The summed E-state index contributed by atoms with van der Waals surface area (Å²) in [5, 5.41) is 0.708. The highest BCUT2D eigenvalue weighted by Crippen LogP contribution is 2.37. The maximum absolute atomic E-state index is 12.1. The van der Waals surface area contributed by atoms with Gasteiger partial charge < -0.3 is 9.47 Å². The van der Waals surface area contributed by atoms with Crippen LogP contribution in [-0.2, 0) is 4.79 Å². The number of aryl methyl sites for hydroxylation is 1. The summed E-state index contributed by atoms with van der Waals surface area (Å²) < 4.78 is 10.7. The van der Waals surface area contributed by atoms with E-state index in [1.165, 1.54) is 11.8 Å². The van der Waals surface area contributed by atoms with E-state index in [9.17, 15) is 4.79 Å². The molecule has 104 valence electrons. The number of rotatable bonds is 1. The zero-order valence-corrected chi connectivity index (χ0v) is 12.3. The van der Waals surface area contributed by atoms with Crippen molar-refractivity contribution in [1.29, 1.82) is 0 Å². The van der Waals surface area contributed by atoms with Gasteiger partial charge in [0, 0.05) is 14.1 Å². The molecule has 1 amide bonds. The van der Waals surface area contributed by atoms with Crippen LogP contribution in [0.5, 0.6) is 11.5 Å². The molecule has 0 aliphatic carbocycles. The largest absolute Gasteiger partial charge is 0.454 e. The van der Waals surface area contributed by atoms with Crippen molar-refractivity contribution < 1.29 is 14.3 Å². The topological polar surface area (TPSA) is 51.1 Å². The fourth-order valence-electron chi connectivity index (χ4n) is 2.11. The zero-order valence-electron chi connectivity index (χ0n) is 11.5. The third kappa shape index (κ3) is 2.06. The number of ether oxygens (including phenoxy) is 2. The smallest absolute Gasteiger partial charge is 0.266 e. The van der Waals surface area contributed by atoms with Gasteiger partial charge in [-0.05, 0) is 48.0 Å². The number of thioether (sulfide) groups is 1. The van der Waals surface area contributed by atoms with Crippen molar-refractivity contribution >= 4 is 28.9 Å². The van der Waals surface area contributed by atoms with Gasteiger partial charge in [-0.25, -0.2) is 0 Å². The first kappa shape index (κ1) is 13.1. The number of hydrogen-bond donors (Lipinski definition) is 0. The van der Waals surface area contributed by atoms with Crippen LogP contribution in [0.25, 0.3) is 6.08 Å². The molecule has 0 N–H and O–H groups in total. The molecule has 0 saturated carbocycles. The molecule has 20 heavy (non-hydrogen) atoms. The van der Waals surface area contributed by atoms with Crippen LogP contribution in [-0.4, -0.2) is 36.9 Å². The monoisotopic (exact) mass is 290 g/mol. The molecule has 1 fully saturated rings. The molecule has 0 aromatic heterocycles. The Morgan fingerprint density at radius 2 is 2.05 bits per heavy atom. The van der Waals surface area contributed by atoms with Crippen molar-refractivity contribution in [3.05, 3.63) is 28.2 Å². The van der Waals surface area contributed by atoms with Crippen molar-refractivity contribution in [1.82, 2.24) is 4.90 Å². The summed E-state index contributed by atoms with van der Waals surface area (Å²) >= 11 is 1.38. The Morgan fingerprint density at radius 1 is 1.35 bits per heavy atom. The van der Waals surface area contributed by atoms with E-state index in [0.29, 0.717) is 10.1 Å². The number of likely N-dealkylation sites (N-methyl/N-ethyl adjacent to an activating group) is 1. The standard InChI is InChI=1S/C14H14N2O3S/c1-8-4-10-11(19-7-18-10)5-9(8)6-12-13(17)16(3)14(15-2)20-12/h4-6H,7H2,1-3H3/b12-6+,15-14?. The van der Waals surface area contributed by atoms with Gasteiger partial charge in [0.05, 0.1) is 4.91 Å². The first-order chi connectivity index (χ1) is 9.60. The Morgan fingerprint density at radius 3 is 2.70 bits per heavy atom. The molecular weight excluding hydrogens is 276 g/mol. The Kier molecular flexibility index (Phi) is 3.17. The fourth-order valence-corrected chi connectivity index (χ4v) is 3.02. The molecule has 1 aromatic rings. The highest BCUT2D eigenvalue weighted by Gasteiger charge is 2.30. The van der Waals surface area contributed by atoms with Gasteiger partial charge in [-0.1, -0.05) is 0 Å². The van der Waals surface area contributed by atoms with Crippen LogP contribution in [0.4, 0.5) is 0 Å². The molecule has 5 nitrogen and oxygen atoms in total. The van der Waals surface area contributed by atoms with Gasteiger partial charge in [0.2, 0.25) is 6.79 Å². The number of nitrogens with zero attached hydrogens (tertiary/aromatic N) is 2. The lowest BCUT2D eigenvalue weighted by Gasteiger charge is -2.05. The van der Waals surface area contributed by atoms with E-state index in [-0.39, 0.29) is 12.7 Å². The van der Waals surface area contributed by atoms with Crippen molar-refractivity contribution in [2.45, 2.75) is 6.92 Å². The summed E-state index contributed by atoms with van der Waals surface area (Å²) in [5.74, 6) is 1.44. The molecular formula is C14H14N2O3S. The first-order valence-corrected chi connectivity index (χ1v) is 6.96. The highest BCUT2D eigenvalue weighted by atomic mass is 32.2. The zero-order chi connectivity index (χ0) is 14.3. The quantitative estimate of drug-likeness (QED) is 0.744. The first-order valence-electron chi connectivity index (χ1n) is 6.15. The lowest BCUT2D eigenvalue weighted by atomic mass is 10.1. The third-order valence-electron chi connectivity index (χ3n) is 3.24. The Labute approximate surface area is 121 Å². The van der Waals surface area contributed by atoms with Crippen molar-refractivity contribution in [2.75, 3.05) is 20.9 Å². The van der Waals surface area contributed by atoms with Crippen molar-refractivity contribution in [2.24, 2.45) is 4.99 Å². The normalized spacial score (nSPS) is 21.4. The number of carbonyl (C=O) groups is 1. The SMILES string of the molecule is CN=C1S/C(=C/c2cc3c(cc2C)OCO3)C(=O)N1C. The lowest BCUT2D eigenvalue weighted by molar-refractivity contribution is -0.121. The van der Waals surface area contributed by atoms with Gasteiger partial charge in [-0.15, -0.1) is 0 Å². The number of amidine groups is 1. The predicted molar refractivity (Wildman–Crippen MR) is 79.0 cm³/mol. The minimum absolute atomic E-state index is 0.0346. The summed E-state index contributed by atoms with van der Waals surface area (Å²) in [6.45, 7) is 2.23. The fraction of sp³-hybridized carbons (Fsp3) is 0.286. The van der Waals surface area contributed by atoms with Gasteiger partial charge in [0.15, 0.2) is 16.7 Å². The number of amides is 1. The average Bonchev–Trinajstić information content (AvgIpc) is 2.98. The van der Waals surface area contributed by atoms with E-state index in [1.807, 2.05) is 25.1 Å². The lowest BCUT2D eigenvalue weighted by Crippen LogP contribution is -2.23. The summed E-state index contributed by atoms with van der Waals surface area (Å²) in [5.41, 5.74) is 2.00. The van der Waals surface area contributed by atoms with Gasteiger partial charge in [-0.3, -0.25) is 14.7 Å².